The Labute approximate surface area is 152 Å². The molecule has 0 heterocycles. The Morgan fingerprint density at radius 3 is 2.36 bits per heavy atom. The molecule has 0 aliphatic carbocycles. The molecule has 0 radical (unpaired) electrons. The standard InChI is InChI=1S/C21H18ClNO2/c22-18-11-5-7-13-20(18)25-15-14-21(24)23-19-12-6-4-10-17(19)16-8-2-1-3-9-16/h1-13H,14-15H2,(H,23,24). The summed E-state index contributed by atoms with van der Waals surface area (Å²) in [7, 11) is 0. The van der Waals surface area contributed by atoms with Crippen molar-refractivity contribution < 1.29 is 9.53 Å². The minimum absolute atomic E-state index is 0.101. The van der Waals surface area contributed by atoms with Crippen molar-refractivity contribution in [3.8, 4) is 16.9 Å². The number of amides is 1. The van der Waals surface area contributed by atoms with Crippen LogP contribution in [0.4, 0.5) is 5.69 Å². The number of carbonyl (C=O) groups excluding carboxylic acids is 1. The van der Waals surface area contributed by atoms with Crippen LogP contribution in [0.2, 0.25) is 5.02 Å². The maximum atomic E-state index is 12.2. The minimum atomic E-state index is -0.101. The summed E-state index contributed by atoms with van der Waals surface area (Å²) in [4.78, 5) is 12.2. The molecule has 4 heteroatoms. The molecule has 0 fully saturated rings. The number of ether oxygens (including phenoxy) is 1. The lowest BCUT2D eigenvalue weighted by Gasteiger charge is -2.12. The van der Waals surface area contributed by atoms with Gasteiger partial charge in [0.25, 0.3) is 0 Å². The molecule has 0 bridgehead atoms. The Balaban J connectivity index is 1.61. The first-order chi connectivity index (χ1) is 12.2. The maximum Gasteiger partial charge on any atom is 0.227 e. The first kappa shape index (κ1) is 17.1. The van der Waals surface area contributed by atoms with Crippen molar-refractivity contribution in [2.45, 2.75) is 6.42 Å². The zero-order chi connectivity index (χ0) is 17.5. The van der Waals surface area contributed by atoms with Gasteiger partial charge in [0, 0.05) is 11.3 Å². The molecule has 0 atom stereocenters. The molecule has 0 saturated carbocycles. The third-order valence-corrected chi connectivity index (χ3v) is 4.02. The highest BCUT2D eigenvalue weighted by atomic mass is 35.5. The van der Waals surface area contributed by atoms with Crippen LogP contribution in [0, 0.1) is 0 Å². The summed E-state index contributed by atoms with van der Waals surface area (Å²) in [5.41, 5.74) is 2.84. The van der Waals surface area contributed by atoms with Gasteiger partial charge in [-0.15, -0.1) is 0 Å². The van der Waals surface area contributed by atoms with Crippen LogP contribution in [-0.4, -0.2) is 12.5 Å². The molecule has 3 aromatic carbocycles. The predicted molar refractivity (Wildman–Crippen MR) is 102 cm³/mol. The van der Waals surface area contributed by atoms with E-state index in [2.05, 4.69) is 5.32 Å². The van der Waals surface area contributed by atoms with E-state index < -0.39 is 0 Å². The van der Waals surface area contributed by atoms with Gasteiger partial charge in [0.1, 0.15) is 5.75 Å². The van der Waals surface area contributed by atoms with E-state index in [9.17, 15) is 4.79 Å². The highest BCUT2D eigenvalue weighted by Gasteiger charge is 2.09. The van der Waals surface area contributed by atoms with Gasteiger partial charge in [0.05, 0.1) is 18.1 Å². The van der Waals surface area contributed by atoms with E-state index >= 15 is 0 Å². The normalized spacial score (nSPS) is 10.3. The number of halogens is 1. The van der Waals surface area contributed by atoms with Gasteiger partial charge in [-0.05, 0) is 23.8 Å². The van der Waals surface area contributed by atoms with Gasteiger partial charge in [0.15, 0.2) is 0 Å². The zero-order valence-electron chi connectivity index (χ0n) is 13.6. The van der Waals surface area contributed by atoms with Crippen LogP contribution in [0.3, 0.4) is 0 Å². The molecule has 0 aliphatic rings. The van der Waals surface area contributed by atoms with Crippen molar-refractivity contribution in [3.63, 3.8) is 0 Å². The van der Waals surface area contributed by atoms with Crippen LogP contribution < -0.4 is 10.1 Å². The topological polar surface area (TPSA) is 38.3 Å². The smallest absolute Gasteiger partial charge is 0.227 e. The molecule has 1 N–H and O–H groups in total. The van der Waals surface area contributed by atoms with Crippen molar-refractivity contribution in [2.24, 2.45) is 0 Å². The van der Waals surface area contributed by atoms with Gasteiger partial charge < -0.3 is 10.1 Å². The fourth-order valence-corrected chi connectivity index (χ4v) is 2.68. The third kappa shape index (κ3) is 4.61. The second kappa shape index (κ2) is 8.36. The molecule has 1 amide bonds. The van der Waals surface area contributed by atoms with Crippen molar-refractivity contribution in [2.75, 3.05) is 11.9 Å². The second-order valence-electron chi connectivity index (χ2n) is 5.49. The molecule has 0 spiro atoms. The molecule has 3 nitrogen and oxygen atoms in total. The van der Waals surface area contributed by atoms with Crippen LogP contribution in [-0.2, 0) is 4.79 Å². The van der Waals surface area contributed by atoms with Crippen molar-refractivity contribution in [1.29, 1.82) is 0 Å². The van der Waals surface area contributed by atoms with E-state index in [4.69, 9.17) is 16.3 Å². The number of hydrogen-bond donors (Lipinski definition) is 1. The van der Waals surface area contributed by atoms with Gasteiger partial charge in [-0.3, -0.25) is 4.79 Å². The number of benzene rings is 3. The van der Waals surface area contributed by atoms with Gasteiger partial charge in [-0.2, -0.15) is 0 Å². The minimum Gasteiger partial charge on any atom is -0.491 e. The molecule has 25 heavy (non-hydrogen) atoms. The number of rotatable bonds is 6. The van der Waals surface area contributed by atoms with Crippen LogP contribution >= 0.6 is 11.6 Å². The van der Waals surface area contributed by atoms with Crippen LogP contribution in [0.15, 0.2) is 78.9 Å². The summed E-state index contributed by atoms with van der Waals surface area (Å²) >= 11 is 6.03. The maximum absolute atomic E-state index is 12.2. The van der Waals surface area contributed by atoms with E-state index in [1.807, 2.05) is 66.7 Å². The van der Waals surface area contributed by atoms with Crippen LogP contribution in [0.25, 0.3) is 11.1 Å². The van der Waals surface area contributed by atoms with Crippen molar-refractivity contribution >= 4 is 23.2 Å². The van der Waals surface area contributed by atoms with E-state index in [0.29, 0.717) is 10.8 Å². The molecule has 3 aromatic rings. The summed E-state index contributed by atoms with van der Waals surface area (Å²) in [5, 5.41) is 3.50. The van der Waals surface area contributed by atoms with Crippen molar-refractivity contribution in [3.05, 3.63) is 83.9 Å². The van der Waals surface area contributed by atoms with Crippen molar-refractivity contribution in [1.82, 2.24) is 0 Å². The van der Waals surface area contributed by atoms with E-state index in [-0.39, 0.29) is 18.9 Å². The zero-order valence-corrected chi connectivity index (χ0v) is 14.4. The number of nitrogens with one attached hydrogen (secondary N) is 1. The molecule has 0 unspecified atom stereocenters. The Hall–Kier alpha value is -2.78. The number of para-hydroxylation sites is 2. The lowest BCUT2D eigenvalue weighted by Crippen LogP contribution is -2.15. The van der Waals surface area contributed by atoms with Crippen LogP contribution in [0.5, 0.6) is 5.75 Å². The monoisotopic (exact) mass is 351 g/mol. The quantitative estimate of drug-likeness (QED) is 0.644. The molecule has 126 valence electrons. The Morgan fingerprint density at radius 2 is 1.56 bits per heavy atom. The molecule has 0 aliphatic heterocycles. The predicted octanol–water partition coefficient (Wildman–Crippen LogP) is 5.41. The summed E-state index contributed by atoms with van der Waals surface area (Å²) in [6, 6.07) is 24.9. The summed E-state index contributed by atoms with van der Waals surface area (Å²) in [6.45, 7) is 0.267. The Morgan fingerprint density at radius 1 is 0.880 bits per heavy atom. The fourth-order valence-electron chi connectivity index (χ4n) is 2.49. The largest absolute Gasteiger partial charge is 0.491 e. The van der Waals surface area contributed by atoms with E-state index in [1.165, 1.54) is 0 Å². The first-order valence-electron chi connectivity index (χ1n) is 8.05. The number of anilines is 1. The van der Waals surface area contributed by atoms with Gasteiger partial charge in [-0.1, -0.05) is 72.3 Å². The highest BCUT2D eigenvalue weighted by Crippen LogP contribution is 2.27. The molecule has 3 rings (SSSR count). The Kier molecular flexibility index (Phi) is 5.70. The van der Waals surface area contributed by atoms with E-state index in [1.54, 1.807) is 12.1 Å². The number of hydrogen-bond acceptors (Lipinski definition) is 2. The SMILES string of the molecule is O=C(CCOc1ccccc1Cl)Nc1ccccc1-c1ccccc1. The van der Waals surface area contributed by atoms with Crippen LogP contribution in [0.1, 0.15) is 6.42 Å². The van der Waals surface area contributed by atoms with Gasteiger partial charge in [-0.25, -0.2) is 0 Å². The summed E-state index contributed by atoms with van der Waals surface area (Å²) in [6.07, 6.45) is 0.244. The average molecular weight is 352 g/mol. The lowest BCUT2D eigenvalue weighted by atomic mass is 10.0. The molecular formula is C21H18ClNO2. The molecule has 0 saturated heterocycles. The fraction of sp³-hybridized carbons (Fsp3) is 0.0952. The average Bonchev–Trinajstić information content (AvgIpc) is 2.64. The Bertz CT molecular complexity index is 849. The van der Waals surface area contributed by atoms with Gasteiger partial charge in [0.2, 0.25) is 5.91 Å². The molecule has 0 aromatic heterocycles. The molecular weight excluding hydrogens is 334 g/mol. The summed E-state index contributed by atoms with van der Waals surface area (Å²) < 4.78 is 5.57. The van der Waals surface area contributed by atoms with Gasteiger partial charge >= 0.3 is 0 Å². The first-order valence-corrected chi connectivity index (χ1v) is 8.43. The third-order valence-electron chi connectivity index (χ3n) is 3.71. The lowest BCUT2D eigenvalue weighted by molar-refractivity contribution is -0.116. The van der Waals surface area contributed by atoms with E-state index in [0.717, 1.165) is 16.8 Å². The summed E-state index contributed by atoms with van der Waals surface area (Å²) in [5.74, 6) is 0.483. The second-order valence-corrected chi connectivity index (χ2v) is 5.90. The number of carbonyl (C=O) groups is 1. The highest BCUT2D eigenvalue weighted by molar-refractivity contribution is 6.32.